The predicted molar refractivity (Wildman–Crippen MR) is 52.7 cm³/mol. The van der Waals surface area contributed by atoms with Gasteiger partial charge in [-0.05, 0) is 31.6 Å². The average Bonchev–Trinajstić information content (AvgIpc) is 2.02. The van der Waals surface area contributed by atoms with E-state index in [-0.39, 0.29) is 0 Å². The predicted octanol–water partition coefficient (Wildman–Crippen LogP) is 4.02. The van der Waals surface area contributed by atoms with Crippen LogP contribution in [-0.4, -0.2) is 0 Å². The first-order valence-electron chi connectivity index (χ1n) is 4.86. The maximum Gasteiger partial charge on any atom is -0.0295 e. The largest absolute Gasteiger partial charge is 0.0853 e. The third kappa shape index (κ3) is 3.60. The van der Waals surface area contributed by atoms with Crippen molar-refractivity contribution in [2.45, 2.75) is 47.5 Å². The molecule has 11 heavy (non-hydrogen) atoms. The minimum atomic E-state index is 0.911. The summed E-state index contributed by atoms with van der Waals surface area (Å²) in [7, 11) is 0. The van der Waals surface area contributed by atoms with Crippen LogP contribution in [0.3, 0.4) is 0 Å². The second-order valence-corrected chi connectivity index (χ2v) is 3.44. The summed E-state index contributed by atoms with van der Waals surface area (Å²) < 4.78 is 0. The lowest BCUT2D eigenvalue weighted by Crippen LogP contribution is -2.11. The molecule has 0 heterocycles. The van der Waals surface area contributed by atoms with Gasteiger partial charge in [0.15, 0.2) is 0 Å². The van der Waals surface area contributed by atoms with E-state index in [1.165, 1.54) is 12.8 Å². The molecule has 0 aromatic rings. The zero-order valence-corrected chi connectivity index (χ0v) is 8.65. The van der Waals surface area contributed by atoms with Crippen molar-refractivity contribution in [3.05, 3.63) is 11.6 Å². The van der Waals surface area contributed by atoms with E-state index in [0.717, 1.165) is 11.8 Å². The zero-order chi connectivity index (χ0) is 8.85. The summed E-state index contributed by atoms with van der Waals surface area (Å²) in [6.45, 7) is 10.9. The number of rotatable bonds is 0. The highest BCUT2D eigenvalue weighted by atomic mass is 14.2. The van der Waals surface area contributed by atoms with Crippen molar-refractivity contribution in [1.82, 2.24) is 0 Å². The summed E-state index contributed by atoms with van der Waals surface area (Å²) >= 11 is 0. The Morgan fingerprint density at radius 2 is 1.73 bits per heavy atom. The molecule has 0 radical (unpaired) electrons. The summed E-state index contributed by atoms with van der Waals surface area (Å²) in [6, 6.07) is 0. The lowest BCUT2D eigenvalue weighted by Gasteiger charge is -2.23. The van der Waals surface area contributed by atoms with Crippen molar-refractivity contribution in [3.63, 3.8) is 0 Å². The summed E-state index contributed by atoms with van der Waals surface area (Å²) in [4.78, 5) is 0. The maximum absolute atomic E-state index is 2.38. The fourth-order valence-electron chi connectivity index (χ4n) is 1.41. The minimum Gasteiger partial charge on any atom is -0.0853 e. The van der Waals surface area contributed by atoms with E-state index in [0.29, 0.717) is 0 Å². The van der Waals surface area contributed by atoms with Crippen LogP contribution in [0.25, 0.3) is 0 Å². The number of allylic oxidation sites excluding steroid dienone is 2. The molecule has 0 amide bonds. The van der Waals surface area contributed by atoms with E-state index in [1.807, 2.05) is 13.8 Å². The Hall–Kier alpha value is -0.260. The van der Waals surface area contributed by atoms with Crippen LogP contribution in [0.5, 0.6) is 0 Å². The zero-order valence-electron chi connectivity index (χ0n) is 8.65. The van der Waals surface area contributed by atoms with Crippen LogP contribution in [0.15, 0.2) is 11.6 Å². The van der Waals surface area contributed by atoms with Gasteiger partial charge in [0, 0.05) is 0 Å². The molecule has 0 spiro atoms. The van der Waals surface area contributed by atoms with E-state index >= 15 is 0 Å². The van der Waals surface area contributed by atoms with Gasteiger partial charge in [-0.3, -0.25) is 0 Å². The topological polar surface area (TPSA) is 0 Å². The van der Waals surface area contributed by atoms with Gasteiger partial charge in [-0.15, -0.1) is 0 Å². The van der Waals surface area contributed by atoms with Gasteiger partial charge in [-0.2, -0.15) is 0 Å². The van der Waals surface area contributed by atoms with Crippen LogP contribution in [0.2, 0.25) is 0 Å². The van der Waals surface area contributed by atoms with Crippen molar-refractivity contribution in [2.75, 3.05) is 0 Å². The van der Waals surface area contributed by atoms with Gasteiger partial charge in [0.2, 0.25) is 0 Å². The molecular weight excluding hydrogens is 132 g/mol. The first-order valence-corrected chi connectivity index (χ1v) is 4.86. The summed E-state index contributed by atoms with van der Waals surface area (Å²) in [5.41, 5.74) is 1.58. The second-order valence-electron chi connectivity index (χ2n) is 3.44. The van der Waals surface area contributed by atoms with Gasteiger partial charge < -0.3 is 0 Å². The van der Waals surface area contributed by atoms with Gasteiger partial charge in [0.05, 0.1) is 0 Å². The molecule has 1 rings (SSSR count). The molecule has 1 aliphatic rings. The Bertz CT molecular complexity index is 122. The van der Waals surface area contributed by atoms with Crippen LogP contribution in [0.1, 0.15) is 47.5 Å². The van der Waals surface area contributed by atoms with Crippen molar-refractivity contribution >= 4 is 0 Å². The van der Waals surface area contributed by atoms with Crippen LogP contribution in [0, 0.1) is 11.8 Å². The molecule has 0 bridgehead atoms. The Kier molecular flexibility index (Phi) is 5.27. The van der Waals surface area contributed by atoms with Gasteiger partial charge in [0.1, 0.15) is 0 Å². The molecule has 0 aromatic heterocycles. The standard InChI is InChI=1S/C9H16.C2H6/c1-7-4-5-8(2)9(3)6-7;1-2/h4,8-9H,5-6H2,1-3H3;1-2H3. The first kappa shape index (κ1) is 10.7. The van der Waals surface area contributed by atoms with Crippen LogP contribution in [-0.2, 0) is 0 Å². The summed E-state index contributed by atoms with van der Waals surface area (Å²) in [5, 5.41) is 0. The highest BCUT2D eigenvalue weighted by Gasteiger charge is 2.15. The maximum atomic E-state index is 2.38. The minimum absolute atomic E-state index is 0.911. The molecule has 2 atom stereocenters. The summed E-state index contributed by atoms with van der Waals surface area (Å²) in [5.74, 6) is 1.82. The molecular formula is C11H22. The van der Waals surface area contributed by atoms with Crippen molar-refractivity contribution in [3.8, 4) is 0 Å². The fourth-order valence-corrected chi connectivity index (χ4v) is 1.41. The Balaban J connectivity index is 0.000000461. The highest BCUT2D eigenvalue weighted by molar-refractivity contribution is 5.04. The molecule has 0 saturated heterocycles. The Labute approximate surface area is 71.7 Å². The van der Waals surface area contributed by atoms with Crippen LogP contribution < -0.4 is 0 Å². The van der Waals surface area contributed by atoms with Gasteiger partial charge in [-0.25, -0.2) is 0 Å². The molecule has 0 aliphatic heterocycles. The average molecular weight is 154 g/mol. The molecule has 66 valence electrons. The monoisotopic (exact) mass is 154 g/mol. The van der Waals surface area contributed by atoms with E-state index in [1.54, 1.807) is 5.57 Å². The van der Waals surface area contributed by atoms with Gasteiger partial charge in [0.25, 0.3) is 0 Å². The molecule has 1 aliphatic carbocycles. The van der Waals surface area contributed by atoms with E-state index in [2.05, 4.69) is 26.8 Å². The first-order chi connectivity index (χ1) is 5.20. The molecule has 0 heteroatoms. The van der Waals surface area contributed by atoms with Crippen LogP contribution in [0.4, 0.5) is 0 Å². The van der Waals surface area contributed by atoms with Crippen LogP contribution >= 0.6 is 0 Å². The Morgan fingerprint density at radius 3 is 2.09 bits per heavy atom. The number of hydrogen-bond donors (Lipinski definition) is 0. The molecule has 0 N–H and O–H groups in total. The highest BCUT2D eigenvalue weighted by Crippen LogP contribution is 2.27. The third-order valence-electron chi connectivity index (χ3n) is 2.45. The van der Waals surface area contributed by atoms with E-state index in [9.17, 15) is 0 Å². The lowest BCUT2D eigenvalue weighted by molar-refractivity contribution is 0.369. The molecule has 0 fully saturated rings. The molecule has 2 unspecified atom stereocenters. The SMILES string of the molecule is CC.CC1=CCC(C)C(C)C1. The molecule has 0 aromatic carbocycles. The van der Waals surface area contributed by atoms with Gasteiger partial charge >= 0.3 is 0 Å². The second kappa shape index (κ2) is 5.40. The van der Waals surface area contributed by atoms with E-state index in [4.69, 9.17) is 0 Å². The third-order valence-corrected chi connectivity index (χ3v) is 2.45. The molecule has 0 saturated carbocycles. The number of hydrogen-bond acceptors (Lipinski definition) is 0. The quantitative estimate of drug-likeness (QED) is 0.462. The smallest absolute Gasteiger partial charge is 0.0295 e. The van der Waals surface area contributed by atoms with Gasteiger partial charge in [-0.1, -0.05) is 39.3 Å². The fraction of sp³-hybridized carbons (Fsp3) is 0.818. The Morgan fingerprint density at radius 1 is 1.18 bits per heavy atom. The normalized spacial score (nSPS) is 30.1. The van der Waals surface area contributed by atoms with E-state index < -0.39 is 0 Å². The van der Waals surface area contributed by atoms with Crippen molar-refractivity contribution < 1.29 is 0 Å². The molecule has 0 nitrogen and oxygen atoms in total. The lowest BCUT2D eigenvalue weighted by atomic mass is 9.83. The van der Waals surface area contributed by atoms with Crippen molar-refractivity contribution in [1.29, 1.82) is 0 Å². The summed E-state index contributed by atoms with van der Waals surface area (Å²) in [6.07, 6.45) is 5.00. The van der Waals surface area contributed by atoms with Crippen molar-refractivity contribution in [2.24, 2.45) is 11.8 Å².